The molecule has 0 amide bonds. The summed E-state index contributed by atoms with van der Waals surface area (Å²) in [5, 5.41) is 8.66. The zero-order valence-corrected chi connectivity index (χ0v) is 9.57. The van der Waals surface area contributed by atoms with Crippen molar-refractivity contribution in [3.8, 4) is 0 Å². The predicted octanol–water partition coefficient (Wildman–Crippen LogP) is -1.30. The van der Waals surface area contributed by atoms with Crippen LogP contribution in [0, 0.1) is 0 Å². The minimum absolute atomic E-state index is 0. The average Bonchev–Trinajstić information content (AvgIpc) is 2.04. The van der Waals surface area contributed by atoms with E-state index in [1.165, 1.54) is 19.1 Å². The van der Waals surface area contributed by atoms with Gasteiger partial charge in [0.25, 0.3) is 0 Å². The van der Waals surface area contributed by atoms with Crippen molar-refractivity contribution in [2.45, 2.75) is 6.92 Å². The maximum atomic E-state index is 10.9. The van der Waals surface area contributed by atoms with E-state index >= 15 is 0 Å². The second-order valence-corrected chi connectivity index (χ2v) is 2.41. The van der Waals surface area contributed by atoms with Crippen molar-refractivity contribution in [1.29, 1.82) is 0 Å². The molecule has 0 saturated carbocycles. The number of hydrogen-bond acceptors (Lipinski definition) is 2. The Hall–Kier alpha value is -0.640. The number of carboxylic acid groups (broad SMARTS) is 1. The summed E-state index contributed by atoms with van der Waals surface area (Å²) < 4.78 is 0. The van der Waals surface area contributed by atoms with Crippen molar-refractivity contribution in [3.05, 3.63) is 35.4 Å². The number of carbonyl (C=O) groups excluding carboxylic acids is 1. The van der Waals surface area contributed by atoms with Crippen molar-refractivity contribution in [2.75, 3.05) is 0 Å². The summed E-state index contributed by atoms with van der Waals surface area (Å²) in [7, 11) is 0. The second kappa shape index (κ2) is 5.17. The van der Waals surface area contributed by atoms with E-state index in [1.807, 2.05) is 0 Å². The fourth-order valence-corrected chi connectivity index (χ4v) is 0.977. The molecular weight excluding hydrogens is 179 g/mol. The number of ketones is 1. The molecule has 0 aliphatic rings. The Morgan fingerprint density at radius 3 is 2.00 bits per heavy atom. The zero-order valence-electron chi connectivity index (χ0n) is 8.57. The molecule has 1 N–H and O–H groups in total. The van der Waals surface area contributed by atoms with E-state index in [0.29, 0.717) is 0 Å². The molecule has 4 heteroatoms. The van der Waals surface area contributed by atoms with Crippen LogP contribution >= 0.6 is 0 Å². The number of hydrogen-bond donors (Lipinski definition) is 1. The summed E-state index contributed by atoms with van der Waals surface area (Å²) in [4.78, 5) is 21.5. The molecule has 0 aliphatic heterocycles. The summed E-state index contributed by atoms with van der Waals surface area (Å²) in [6.45, 7) is 1.35. The van der Waals surface area contributed by atoms with Gasteiger partial charge in [0, 0.05) is 5.56 Å². The monoisotopic (exact) mass is 188 g/mol. The number of carbonyl (C=O) groups is 2. The Bertz CT molecular complexity index is 306. The molecule has 0 atom stereocenters. The molecular formula is C9H9NaO3. The van der Waals surface area contributed by atoms with Gasteiger partial charge in [-0.2, -0.15) is 0 Å². The molecule has 0 fully saturated rings. The van der Waals surface area contributed by atoms with E-state index in [1.54, 1.807) is 12.1 Å². The van der Waals surface area contributed by atoms with Crippen LogP contribution in [0.2, 0.25) is 0 Å². The summed E-state index contributed by atoms with van der Waals surface area (Å²) in [6, 6.07) is 6.16. The number of Topliss-reactive ketones (excluding diaryl/α,β-unsaturated/α-hetero) is 1. The van der Waals surface area contributed by atoms with E-state index in [9.17, 15) is 9.59 Å². The van der Waals surface area contributed by atoms with Crippen LogP contribution in [0.25, 0.3) is 0 Å². The summed E-state index contributed by atoms with van der Waals surface area (Å²) in [5.41, 5.74) is 0.315. The molecule has 0 saturated heterocycles. The molecule has 0 aliphatic carbocycles. The predicted molar refractivity (Wildman–Crippen MR) is 44.5 cm³/mol. The first-order chi connectivity index (χ1) is 5.63. The minimum Gasteiger partial charge on any atom is -1.00 e. The SMILES string of the molecule is CC(=O)c1ccccc1C(=O)O.[H-].[Na+]. The Balaban J connectivity index is 0. The van der Waals surface area contributed by atoms with Gasteiger partial charge in [-0.15, -0.1) is 0 Å². The third-order valence-corrected chi connectivity index (χ3v) is 1.54. The van der Waals surface area contributed by atoms with Crippen molar-refractivity contribution in [3.63, 3.8) is 0 Å². The van der Waals surface area contributed by atoms with Crippen molar-refractivity contribution in [2.24, 2.45) is 0 Å². The normalized spacial score (nSPS) is 8.69. The van der Waals surface area contributed by atoms with Gasteiger partial charge in [0.1, 0.15) is 0 Å². The van der Waals surface area contributed by atoms with Crippen LogP contribution in [0.1, 0.15) is 29.1 Å². The van der Waals surface area contributed by atoms with Gasteiger partial charge < -0.3 is 6.53 Å². The number of carboxylic acids is 1. The smallest absolute Gasteiger partial charge is 1.00 e. The molecule has 0 heterocycles. The van der Waals surface area contributed by atoms with Gasteiger partial charge in [-0.1, -0.05) is 18.2 Å². The second-order valence-electron chi connectivity index (χ2n) is 2.41. The van der Waals surface area contributed by atoms with Crippen molar-refractivity contribution >= 4 is 11.8 Å². The maximum Gasteiger partial charge on any atom is 1.00 e. The van der Waals surface area contributed by atoms with E-state index in [-0.39, 0.29) is 47.9 Å². The first kappa shape index (κ1) is 12.4. The minimum atomic E-state index is -1.07. The van der Waals surface area contributed by atoms with Crippen LogP contribution < -0.4 is 29.6 Å². The Labute approximate surface area is 99.5 Å². The zero-order chi connectivity index (χ0) is 9.14. The average molecular weight is 188 g/mol. The number of rotatable bonds is 2. The molecule has 1 rings (SSSR count). The van der Waals surface area contributed by atoms with E-state index < -0.39 is 5.97 Å². The van der Waals surface area contributed by atoms with Gasteiger partial charge in [-0.05, 0) is 13.0 Å². The molecule has 64 valence electrons. The molecule has 0 unspecified atom stereocenters. The Kier molecular flexibility index (Phi) is 4.91. The van der Waals surface area contributed by atoms with Crippen molar-refractivity contribution < 1.29 is 45.7 Å². The summed E-state index contributed by atoms with van der Waals surface area (Å²) in [6.07, 6.45) is 0. The van der Waals surface area contributed by atoms with E-state index in [2.05, 4.69) is 0 Å². The fraction of sp³-hybridized carbons (Fsp3) is 0.111. The first-order valence-corrected chi connectivity index (χ1v) is 3.46. The molecule has 0 radical (unpaired) electrons. The van der Waals surface area contributed by atoms with Gasteiger partial charge >= 0.3 is 35.5 Å². The molecule has 0 aromatic heterocycles. The van der Waals surface area contributed by atoms with Crippen LogP contribution in [0.5, 0.6) is 0 Å². The van der Waals surface area contributed by atoms with Gasteiger partial charge in [0.2, 0.25) is 0 Å². The van der Waals surface area contributed by atoms with Crippen LogP contribution in [0.4, 0.5) is 0 Å². The molecule has 3 nitrogen and oxygen atoms in total. The van der Waals surface area contributed by atoms with Gasteiger partial charge in [-0.3, -0.25) is 4.79 Å². The molecule has 1 aromatic rings. The largest absolute Gasteiger partial charge is 1.00 e. The van der Waals surface area contributed by atoms with Gasteiger partial charge in [0.05, 0.1) is 5.56 Å². The van der Waals surface area contributed by atoms with Crippen LogP contribution in [-0.2, 0) is 0 Å². The molecule has 0 spiro atoms. The van der Waals surface area contributed by atoms with Crippen LogP contribution in [-0.4, -0.2) is 16.9 Å². The van der Waals surface area contributed by atoms with Gasteiger partial charge in [0.15, 0.2) is 5.78 Å². The van der Waals surface area contributed by atoms with E-state index in [4.69, 9.17) is 5.11 Å². The van der Waals surface area contributed by atoms with Crippen molar-refractivity contribution in [1.82, 2.24) is 0 Å². The van der Waals surface area contributed by atoms with Gasteiger partial charge in [-0.25, -0.2) is 4.79 Å². The topological polar surface area (TPSA) is 54.4 Å². The maximum absolute atomic E-state index is 10.9. The third kappa shape index (κ3) is 2.95. The number of aromatic carboxylic acids is 1. The Morgan fingerprint density at radius 1 is 1.23 bits per heavy atom. The van der Waals surface area contributed by atoms with Crippen LogP contribution in [0.3, 0.4) is 0 Å². The Morgan fingerprint density at radius 2 is 1.69 bits per heavy atom. The van der Waals surface area contributed by atoms with Crippen LogP contribution in [0.15, 0.2) is 24.3 Å². The fourth-order valence-electron chi connectivity index (χ4n) is 0.977. The molecule has 0 bridgehead atoms. The van der Waals surface area contributed by atoms with E-state index in [0.717, 1.165) is 0 Å². The summed E-state index contributed by atoms with van der Waals surface area (Å²) in [5.74, 6) is -1.30. The quantitative estimate of drug-likeness (QED) is 0.464. The number of benzene rings is 1. The molecule has 1 aromatic carbocycles. The standard InChI is InChI=1S/C9H8O3.Na.H/c1-6(10)7-4-2-3-5-8(7)9(11)12;;/h2-5H,1H3,(H,11,12);;/q;+1;-1. The summed E-state index contributed by atoms with van der Waals surface area (Å²) >= 11 is 0. The molecule has 13 heavy (non-hydrogen) atoms. The first-order valence-electron chi connectivity index (χ1n) is 3.46. The third-order valence-electron chi connectivity index (χ3n) is 1.54.